The average Bonchev–Trinajstić information content (AvgIpc) is 2.78. The van der Waals surface area contributed by atoms with E-state index in [0.717, 1.165) is 4.31 Å². The average molecular weight is 334 g/mol. The summed E-state index contributed by atoms with van der Waals surface area (Å²) in [4.78, 5) is 11.2. The summed E-state index contributed by atoms with van der Waals surface area (Å²) in [6, 6.07) is 5.46. The van der Waals surface area contributed by atoms with Crippen molar-refractivity contribution in [1.29, 1.82) is 0 Å². The molecule has 1 fully saturated rings. The van der Waals surface area contributed by atoms with E-state index in [1.54, 1.807) is 18.2 Å². The molecule has 1 aromatic carbocycles. The van der Waals surface area contributed by atoms with Crippen LogP contribution in [0.2, 0.25) is 0 Å². The first-order valence-corrected chi connectivity index (χ1v) is 7.67. The zero-order valence-corrected chi connectivity index (χ0v) is 11.8. The van der Waals surface area contributed by atoms with Crippen molar-refractivity contribution in [3.8, 4) is 0 Å². The Morgan fingerprint density at radius 1 is 1.39 bits per heavy atom. The Morgan fingerprint density at radius 3 is 2.67 bits per heavy atom. The normalized spacial score (nSPS) is 21.1. The van der Waals surface area contributed by atoms with E-state index in [9.17, 15) is 13.2 Å². The van der Waals surface area contributed by atoms with Crippen LogP contribution in [0.4, 0.5) is 0 Å². The predicted octanol–water partition coefficient (Wildman–Crippen LogP) is 1.69. The lowest BCUT2D eigenvalue weighted by Crippen LogP contribution is -2.40. The molecule has 0 spiro atoms. The fourth-order valence-corrected chi connectivity index (χ4v) is 4.67. The first kappa shape index (κ1) is 13.5. The van der Waals surface area contributed by atoms with Gasteiger partial charge in [-0.1, -0.05) is 12.1 Å². The van der Waals surface area contributed by atoms with Gasteiger partial charge in [0.25, 0.3) is 0 Å². The molecule has 2 rings (SSSR count). The number of sulfonamides is 1. The summed E-state index contributed by atoms with van der Waals surface area (Å²) in [6.07, 6.45) is 0.930. The maximum absolute atomic E-state index is 12.4. The molecular formula is C11H12BrNO4S. The molecule has 0 saturated carbocycles. The molecule has 1 aromatic rings. The molecule has 0 amide bonds. The van der Waals surface area contributed by atoms with Crippen LogP contribution in [0.1, 0.15) is 12.8 Å². The van der Waals surface area contributed by atoms with E-state index in [2.05, 4.69) is 15.9 Å². The molecule has 1 heterocycles. The van der Waals surface area contributed by atoms with Crippen molar-refractivity contribution in [3.05, 3.63) is 28.7 Å². The highest BCUT2D eigenvalue weighted by atomic mass is 79.9. The Morgan fingerprint density at radius 2 is 2.06 bits per heavy atom. The van der Waals surface area contributed by atoms with Crippen molar-refractivity contribution in [2.24, 2.45) is 0 Å². The largest absolute Gasteiger partial charge is 0.480 e. The quantitative estimate of drug-likeness (QED) is 0.913. The molecule has 0 radical (unpaired) electrons. The number of nitrogens with zero attached hydrogens (tertiary/aromatic N) is 1. The SMILES string of the molecule is O=C(O)[C@@H]1CCCN1S(=O)(=O)c1ccccc1Br. The smallest absolute Gasteiger partial charge is 0.322 e. The van der Waals surface area contributed by atoms with Gasteiger partial charge in [0.15, 0.2) is 0 Å². The van der Waals surface area contributed by atoms with E-state index in [-0.39, 0.29) is 11.4 Å². The van der Waals surface area contributed by atoms with Gasteiger partial charge in [0.05, 0.1) is 4.90 Å². The lowest BCUT2D eigenvalue weighted by Gasteiger charge is -2.21. The number of hydrogen-bond acceptors (Lipinski definition) is 3. The van der Waals surface area contributed by atoms with Crippen LogP contribution in [0.15, 0.2) is 33.6 Å². The zero-order valence-electron chi connectivity index (χ0n) is 9.41. The third-order valence-electron chi connectivity index (χ3n) is 2.91. The molecule has 1 aliphatic heterocycles. The topological polar surface area (TPSA) is 74.7 Å². The molecule has 1 atom stereocenters. The van der Waals surface area contributed by atoms with Crippen LogP contribution < -0.4 is 0 Å². The second kappa shape index (κ2) is 4.99. The van der Waals surface area contributed by atoms with Crippen LogP contribution in [-0.4, -0.2) is 36.4 Å². The molecule has 18 heavy (non-hydrogen) atoms. The number of carbonyl (C=O) groups is 1. The number of aliphatic carboxylic acids is 1. The molecule has 0 aromatic heterocycles. The standard InChI is InChI=1S/C11H12BrNO4S/c12-8-4-1-2-6-10(8)18(16,17)13-7-3-5-9(13)11(14)15/h1-2,4,6,9H,3,5,7H2,(H,14,15)/t9-/m0/s1. The number of benzene rings is 1. The van der Waals surface area contributed by atoms with Gasteiger partial charge in [0.1, 0.15) is 6.04 Å². The van der Waals surface area contributed by atoms with E-state index in [1.165, 1.54) is 6.07 Å². The van der Waals surface area contributed by atoms with Crippen molar-refractivity contribution >= 4 is 31.9 Å². The molecule has 1 aliphatic rings. The van der Waals surface area contributed by atoms with Gasteiger partial charge in [0.2, 0.25) is 10.0 Å². The zero-order chi connectivity index (χ0) is 13.3. The van der Waals surface area contributed by atoms with E-state index in [0.29, 0.717) is 17.3 Å². The Labute approximate surface area is 114 Å². The molecule has 0 aliphatic carbocycles. The summed E-state index contributed by atoms with van der Waals surface area (Å²) in [5.41, 5.74) is 0. The number of carboxylic acids is 1. The summed E-state index contributed by atoms with van der Waals surface area (Å²) < 4.78 is 26.3. The molecule has 0 unspecified atom stereocenters. The van der Waals surface area contributed by atoms with Crippen LogP contribution in [0.5, 0.6) is 0 Å². The molecule has 7 heteroatoms. The molecule has 1 N–H and O–H groups in total. The van der Waals surface area contributed by atoms with Crippen LogP contribution in [0, 0.1) is 0 Å². The van der Waals surface area contributed by atoms with Gasteiger partial charge in [-0.3, -0.25) is 4.79 Å². The number of rotatable bonds is 3. The van der Waals surface area contributed by atoms with Gasteiger partial charge in [0, 0.05) is 11.0 Å². The third kappa shape index (κ3) is 2.30. The highest BCUT2D eigenvalue weighted by Crippen LogP contribution is 2.30. The predicted molar refractivity (Wildman–Crippen MR) is 68.7 cm³/mol. The molecule has 0 bridgehead atoms. The van der Waals surface area contributed by atoms with E-state index < -0.39 is 22.0 Å². The van der Waals surface area contributed by atoms with Crippen molar-refractivity contribution < 1.29 is 18.3 Å². The van der Waals surface area contributed by atoms with Crippen molar-refractivity contribution in [2.45, 2.75) is 23.8 Å². The Bertz CT molecular complexity index is 572. The van der Waals surface area contributed by atoms with Crippen molar-refractivity contribution in [2.75, 3.05) is 6.54 Å². The summed E-state index contributed by atoms with van der Waals surface area (Å²) in [5, 5.41) is 9.05. The lowest BCUT2D eigenvalue weighted by molar-refractivity contribution is -0.140. The summed E-state index contributed by atoms with van der Waals surface area (Å²) in [5.74, 6) is -1.09. The minimum Gasteiger partial charge on any atom is -0.480 e. The minimum atomic E-state index is -3.76. The highest BCUT2D eigenvalue weighted by Gasteiger charge is 2.39. The van der Waals surface area contributed by atoms with Crippen molar-refractivity contribution in [1.82, 2.24) is 4.31 Å². The van der Waals surface area contributed by atoms with Gasteiger partial charge < -0.3 is 5.11 Å². The fraction of sp³-hybridized carbons (Fsp3) is 0.364. The first-order valence-electron chi connectivity index (χ1n) is 5.44. The molecule has 1 saturated heterocycles. The maximum atomic E-state index is 12.4. The number of hydrogen-bond donors (Lipinski definition) is 1. The van der Waals surface area contributed by atoms with Gasteiger partial charge in [-0.25, -0.2) is 8.42 Å². The van der Waals surface area contributed by atoms with E-state index in [4.69, 9.17) is 5.11 Å². The molecular weight excluding hydrogens is 322 g/mol. The summed E-state index contributed by atoms with van der Waals surface area (Å²) >= 11 is 3.18. The minimum absolute atomic E-state index is 0.109. The van der Waals surface area contributed by atoms with Crippen LogP contribution in [0.3, 0.4) is 0 Å². The molecule has 98 valence electrons. The fourth-order valence-electron chi connectivity index (χ4n) is 2.05. The van der Waals surface area contributed by atoms with Gasteiger partial charge in [-0.05, 0) is 40.9 Å². The van der Waals surface area contributed by atoms with Gasteiger partial charge >= 0.3 is 5.97 Å². The Hall–Kier alpha value is -0.920. The highest BCUT2D eigenvalue weighted by molar-refractivity contribution is 9.10. The number of carboxylic acid groups (broad SMARTS) is 1. The van der Waals surface area contributed by atoms with E-state index >= 15 is 0 Å². The second-order valence-corrected chi connectivity index (χ2v) is 6.76. The first-order chi connectivity index (χ1) is 8.44. The third-order valence-corrected chi connectivity index (χ3v) is 5.83. The maximum Gasteiger partial charge on any atom is 0.322 e. The molecule has 5 nitrogen and oxygen atoms in total. The monoisotopic (exact) mass is 333 g/mol. The van der Waals surface area contributed by atoms with Crippen LogP contribution >= 0.6 is 15.9 Å². The van der Waals surface area contributed by atoms with Crippen LogP contribution in [-0.2, 0) is 14.8 Å². The Kier molecular flexibility index (Phi) is 3.74. The summed E-state index contributed by atoms with van der Waals surface area (Å²) in [6.45, 7) is 0.251. The summed E-state index contributed by atoms with van der Waals surface area (Å²) in [7, 11) is -3.76. The lowest BCUT2D eigenvalue weighted by atomic mass is 10.2. The Balaban J connectivity index is 2.43. The van der Waals surface area contributed by atoms with Crippen molar-refractivity contribution in [3.63, 3.8) is 0 Å². The van der Waals surface area contributed by atoms with Gasteiger partial charge in [-0.15, -0.1) is 0 Å². The van der Waals surface area contributed by atoms with Gasteiger partial charge in [-0.2, -0.15) is 4.31 Å². The van der Waals surface area contributed by atoms with Crippen LogP contribution in [0.25, 0.3) is 0 Å². The second-order valence-electron chi connectivity index (χ2n) is 4.04. The van der Waals surface area contributed by atoms with E-state index in [1.807, 2.05) is 0 Å². The number of halogens is 1.